The summed E-state index contributed by atoms with van der Waals surface area (Å²) in [5.41, 5.74) is 9.65. The summed E-state index contributed by atoms with van der Waals surface area (Å²) >= 11 is 5.95. The first-order chi connectivity index (χ1) is 16.1. The van der Waals surface area contributed by atoms with Crippen LogP contribution < -0.4 is 0 Å². The average Bonchev–Trinajstić information content (AvgIpc) is 2.84. The summed E-state index contributed by atoms with van der Waals surface area (Å²) in [4.78, 5) is 0. The zero-order valence-corrected chi connectivity index (χ0v) is 19.8. The van der Waals surface area contributed by atoms with Crippen molar-refractivity contribution in [2.75, 3.05) is 0 Å². The summed E-state index contributed by atoms with van der Waals surface area (Å²) in [7, 11) is 0. The second-order valence-electron chi connectivity index (χ2n) is 8.22. The monoisotopic (exact) mass is 446 g/mol. The third-order valence-corrected chi connectivity index (χ3v) is 5.80. The van der Waals surface area contributed by atoms with Gasteiger partial charge in [0.15, 0.2) is 0 Å². The molecule has 0 bridgehead atoms. The van der Waals surface area contributed by atoms with Crippen LogP contribution in [0.2, 0.25) is 5.02 Å². The Balaban J connectivity index is 1.52. The summed E-state index contributed by atoms with van der Waals surface area (Å²) < 4.78 is 0. The van der Waals surface area contributed by atoms with E-state index in [0.717, 1.165) is 16.1 Å². The van der Waals surface area contributed by atoms with E-state index in [9.17, 15) is 0 Å². The Morgan fingerprint density at radius 3 is 1.36 bits per heavy atom. The molecule has 0 N–H and O–H groups in total. The van der Waals surface area contributed by atoms with Crippen LogP contribution in [0.4, 0.5) is 0 Å². The Morgan fingerprint density at radius 1 is 0.515 bits per heavy atom. The molecule has 4 aromatic carbocycles. The quantitative estimate of drug-likeness (QED) is 0.204. The minimum Gasteiger partial charge on any atom is -0.0843 e. The van der Waals surface area contributed by atoms with Gasteiger partial charge in [-0.15, -0.1) is 0 Å². The van der Waals surface area contributed by atoms with E-state index < -0.39 is 0 Å². The molecule has 1 heteroatoms. The molecule has 0 nitrogen and oxygen atoms in total. The molecule has 0 radical (unpaired) electrons. The Bertz CT molecular complexity index is 1220. The molecule has 162 valence electrons. The second kappa shape index (κ2) is 10.8. The molecule has 0 aliphatic rings. The first-order valence-electron chi connectivity index (χ1n) is 11.1. The molecule has 0 atom stereocenters. The molecule has 0 aromatic heterocycles. The molecule has 0 unspecified atom stereocenters. The lowest BCUT2D eigenvalue weighted by atomic mass is 9.96. The van der Waals surface area contributed by atoms with Crippen LogP contribution >= 0.6 is 11.6 Å². The number of allylic oxidation sites excluding steroid dienone is 2. The number of aryl methyl sites for hydroxylation is 2. The van der Waals surface area contributed by atoms with Crippen LogP contribution in [0.3, 0.4) is 0 Å². The summed E-state index contributed by atoms with van der Waals surface area (Å²) in [5.74, 6) is 0. The summed E-state index contributed by atoms with van der Waals surface area (Å²) in [6.45, 7) is 4.24. The fourth-order valence-corrected chi connectivity index (χ4v) is 3.69. The normalized spacial score (nSPS) is 11.2. The number of benzene rings is 4. The Morgan fingerprint density at radius 2 is 0.909 bits per heavy atom. The first kappa shape index (κ1) is 22.6. The fourth-order valence-electron chi connectivity index (χ4n) is 3.57. The fraction of sp³-hybridized carbons (Fsp3) is 0.0625. The van der Waals surface area contributed by atoms with Crippen molar-refractivity contribution in [1.82, 2.24) is 0 Å². The van der Waals surface area contributed by atoms with Crippen LogP contribution in [-0.4, -0.2) is 0 Å². The Hall–Kier alpha value is -3.61. The van der Waals surface area contributed by atoms with Crippen molar-refractivity contribution in [2.24, 2.45) is 0 Å². The minimum atomic E-state index is 0.755. The lowest BCUT2D eigenvalue weighted by molar-refractivity contribution is 1.43. The largest absolute Gasteiger partial charge is 0.0843 e. The van der Waals surface area contributed by atoms with E-state index in [4.69, 9.17) is 11.6 Å². The van der Waals surface area contributed by atoms with E-state index in [1.807, 2.05) is 24.3 Å². The van der Waals surface area contributed by atoms with Gasteiger partial charge in [0.25, 0.3) is 0 Å². The van der Waals surface area contributed by atoms with Crippen molar-refractivity contribution in [3.63, 3.8) is 0 Å². The summed E-state index contributed by atoms with van der Waals surface area (Å²) in [6, 6.07) is 33.8. The molecule has 0 fully saturated rings. The zero-order chi connectivity index (χ0) is 23.0. The summed E-state index contributed by atoms with van der Waals surface area (Å²) in [6.07, 6.45) is 10.7. The molecular weight excluding hydrogens is 420 g/mol. The van der Waals surface area contributed by atoms with Gasteiger partial charge in [-0.2, -0.15) is 0 Å². The molecule has 33 heavy (non-hydrogen) atoms. The third-order valence-electron chi connectivity index (χ3n) is 5.55. The van der Waals surface area contributed by atoms with Gasteiger partial charge in [-0.1, -0.05) is 138 Å². The maximum Gasteiger partial charge on any atom is 0.0406 e. The van der Waals surface area contributed by atoms with E-state index in [1.54, 1.807) is 0 Å². The molecule has 0 saturated heterocycles. The van der Waals surface area contributed by atoms with Crippen molar-refractivity contribution in [3.05, 3.63) is 153 Å². The lowest BCUT2D eigenvalue weighted by Crippen LogP contribution is -1.88. The van der Waals surface area contributed by atoms with E-state index in [2.05, 4.69) is 117 Å². The molecule has 0 spiro atoms. The number of hydrogen-bond donors (Lipinski definition) is 0. The lowest BCUT2D eigenvalue weighted by Gasteiger charge is -2.09. The number of halogens is 1. The highest BCUT2D eigenvalue weighted by Gasteiger charge is 2.04. The molecule has 0 heterocycles. The standard InChI is InChI=1S/C32H27Cl/c1-24-6-18-29(19-7-24)32(30-20-8-25(2)9-21-30)5-3-4-26-10-12-27(13-11-26)14-15-28-16-22-31(33)23-17-28/h3-23H,1-2H3. The van der Waals surface area contributed by atoms with Gasteiger partial charge in [0.05, 0.1) is 0 Å². The highest BCUT2D eigenvalue weighted by Crippen LogP contribution is 2.25. The van der Waals surface area contributed by atoms with Gasteiger partial charge in [0.1, 0.15) is 0 Å². The van der Waals surface area contributed by atoms with Crippen LogP contribution in [0.5, 0.6) is 0 Å². The number of hydrogen-bond acceptors (Lipinski definition) is 0. The van der Waals surface area contributed by atoms with Gasteiger partial charge >= 0.3 is 0 Å². The van der Waals surface area contributed by atoms with Gasteiger partial charge in [-0.05, 0) is 59.4 Å². The van der Waals surface area contributed by atoms with Crippen LogP contribution in [0.15, 0.2) is 109 Å². The van der Waals surface area contributed by atoms with Crippen molar-refractivity contribution < 1.29 is 0 Å². The molecule has 0 saturated carbocycles. The van der Waals surface area contributed by atoms with Gasteiger partial charge in [0, 0.05) is 5.02 Å². The van der Waals surface area contributed by atoms with E-state index in [1.165, 1.54) is 33.4 Å². The smallest absolute Gasteiger partial charge is 0.0406 e. The predicted octanol–water partition coefficient (Wildman–Crippen LogP) is 9.27. The maximum atomic E-state index is 5.95. The molecular formula is C32H27Cl. The van der Waals surface area contributed by atoms with Crippen molar-refractivity contribution >= 4 is 35.4 Å². The highest BCUT2D eigenvalue weighted by molar-refractivity contribution is 6.30. The van der Waals surface area contributed by atoms with E-state index in [0.29, 0.717) is 0 Å². The van der Waals surface area contributed by atoms with Gasteiger partial charge in [-0.25, -0.2) is 0 Å². The average molecular weight is 447 g/mol. The van der Waals surface area contributed by atoms with Crippen LogP contribution in [0, 0.1) is 13.8 Å². The van der Waals surface area contributed by atoms with Crippen LogP contribution in [0.1, 0.15) is 38.9 Å². The van der Waals surface area contributed by atoms with Crippen LogP contribution in [-0.2, 0) is 0 Å². The van der Waals surface area contributed by atoms with Crippen molar-refractivity contribution in [1.29, 1.82) is 0 Å². The minimum absolute atomic E-state index is 0.755. The van der Waals surface area contributed by atoms with Crippen LogP contribution in [0.25, 0.3) is 23.8 Å². The van der Waals surface area contributed by atoms with E-state index in [-0.39, 0.29) is 0 Å². The summed E-state index contributed by atoms with van der Waals surface area (Å²) in [5, 5.41) is 0.755. The molecule has 4 rings (SSSR count). The SMILES string of the molecule is Cc1ccc(C(=CC=Cc2ccc(C=Cc3ccc(Cl)cc3)cc2)c2ccc(C)cc2)cc1. The van der Waals surface area contributed by atoms with Gasteiger partial charge in [0.2, 0.25) is 0 Å². The predicted molar refractivity (Wildman–Crippen MR) is 145 cm³/mol. The van der Waals surface area contributed by atoms with Gasteiger partial charge in [-0.3, -0.25) is 0 Å². The zero-order valence-electron chi connectivity index (χ0n) is 19.0. The van der Waals surface area contributed by atoms with Gasteiger partial charge < -0.3 is 0 Å². The molecule has 4 aromatic rings. The topological polar surface area (TPSA) is 0 Å². The number of rotatable bonds is 6. The molecule has 0 aliphatic carbocycles. The van der Waals surface area contributed by atoms with E-state index >= 15 is 0 Å². The molecule has 0 aliphatic heterocycles. The molecule has 0 amide bonds. The highest BCUT2D eigenvalue weighted by atomic mass is 35.5. The second-order valence-corrected chi connectivity index (χ2v) is 8.66. The first-order valence-corrected chi connectivity index (χ1v) is 11.5. The Labute approximate surface area is 202 Å². The van der Waals surface area contributed by atoms with Crippen molar-refractivity contribution in [3.8, 4) is 0 Å². The Kier molecular flexibility index (Phi) is 7.40. The third kappa shape index (κ3) is 6.44. The van der Waals surface area contributed by atoms with Crippen molar-refractivity contribution in [2.45, 2.75) is 13.8 Å². The maximum absolute atomic E-state index is 5.95.